The monoisotopic (exact) mass is 452 g/mol. The number of nitrogens with one attached hydrogen (secondary N) is 2. The molecule has 0 bridgehead atoms. The molecule has 0 spiro atoms. The van der Waals surface area contributed by atoms with Gasteiger partial charge >= 0.3 is 0 Å². The van der Waals surface area contributed by atoms with Crippen LogP contribution in [0.3, 0.4) is 0 Å². The van der Waals surface area contributed by atoms with Crippen LogP contribution in [0, 0.1) is 0 Å². The van der Waals surface area contributed by atoms with Crippen molar-refractivity contribution in [1.29, 1.82) is 0 Å². The Morgan fingerprint density at radius 3 is 1.86 bits per heavy atom. The Kier molecular flexibility index (Phi) is 6.67. The lowest BCUT2D eigenvalue weighted by atomic mass is 10.2. The number of benzene rings is 3. The molecule has 0 aliphatic rings. The van der Waals surface area contributed by atoms with Gasteiger partial charge in [-0.1, -0.05) is 18.2 Å². The summed E-state index contributed by atoms with van der Waals surface area (Å²) in [4.78, 5) is 24.7. The Hall–Kier alpha value is -3.12. The molecule has 6 heteroatoms. The molecule has 0 saturated heterocycles. The van der Waals surface area contributed by atoms with Gasteiger partial charge in [-0.25, -0.2) is 0 Å². The molecule has 0 radical (unpaired) electrons. The van der Waals surface area contributed by atoms with E-state index in [2.05, 4.69) is 26.6 Å². The molecular formula is C23H21BrN2O3. The number of hydrogen-bond donors (Lipinski definition) is 2. The summed E-state index contributed by atoms with van der Waals surface area (Å²) in [5.74, 6) is 0.272. The van der Waals surface area contributed by atoms with Crippen LogP contribution >= 0.6 is 15.9 Å². The van der Waals surface area contributed by atoms with E-state index in [1.807, 2.05) is 32.0 Å². The van der Waals surface area contributed by atoms with Gasteiger partial charge in [0.05, 0.1) is 10.6 Å². The van der Waals surface area contributed by atoms with Gasteiger partial charge in [0.1, 0.15) is 5.75 Å². The second-order valence-corrected chi connectivity index (χ2v) is 7.52. The Bertz CT molecular complexity index is 1000. The summed E-state index contributed by atoms with van der Waals surface area (Å²) in [6, 6.07) is 21.2. The van der Waals surface area contributed by atoms with E-state index in [4.69, 9.17) is 4.74 Å². The lowest BCUT2D eigenvalue weighted by molar-refractivity contribution is 0.101. The van der Waals surface area contributed by atoms with Gasteiger partial charge in [-0.15, -0.1) is 0 Å². The molecule has 0 aliphatic carbocycles. The molecule has 2 amide bonds. The second kappa shape index (κ2) is 9.39. The van der Waals surface area contributed by atoms with Crippen molar-refractivity contribution in [2.75, 3.05) is 10.6 Å². The van der Waals surface area contributed by atoms with Crippen LogP contribution in [0.15, 0.2) is 77.3 Å². The van der Waals surface area contributed by atoms with E-state index in [9.17, 15) is 9.59 Å². The highest BCUT2D eigenvalue weighted by Gasteiger charge is 2.11. The number of amides is 2. The van der Waals surface area contributed by atoms with Crippen LogP contribution in [0.1, 0.15) is 34.6 Å². The molecule has 3 rings (SSSR count). The maximum absolute atomic E-state index is 12.5. The number of halogens is 1. The van der Waals surface area contributed by atoms with Gasteiger partial charge in [-0.3, -0.25) is 9.59 Å². The Morgan fingerprint density at radius 1 is 0.793 bits per heavy atom. The fourth-order valence-electron chi connectivity index (χ4n) is 2.62. The van der Waals surface area contributed by atoms with E-state index in [1.165, 1.54) is 0 Å². The van der Waals surface area contributed by atoms with Crippen molar-refractivity contribution in [3.05, 3.63) is 88.4 Å². The minimum Gasteiger partial charge on any atom is -0.490 e. The zero-order chi connectivity index (χ0) is 20.8. The normalized spacial score (nSPS) is 10.5. The van der Waals surface area contributed by atoms with Gasteiger partial charge in [-0.05, 0) is 84.4 Å². The first-order chi connectivity index (χ1) is 13.9. The first-order valence-electron chi connectivity index (χ1n) is 9.16. The largest absolute Gasteiger partial charge is 0.490 e. The molecule has 5 nitrogen and oxygen atoms in total. The lowest BCUT2D eigenvalue weighted by Gasteiger charge is -2.12. The third-order valence-electron chi connectivity index (χ3n) is 3.99. The van der Waals surface area contributed by atoms with Crippen LogP contribution in [0.5, 0.6) is 5.75 Å². The van der Waals surface area contributed by atoms with Gasteiger partial charge in [0.25, 0.3) is 11.8 Å². The third kappa shape index (κ3) is 5.68. The van der Waals surface area contributed by atoms with Gasteiger partial charge in [0, 0.05) is 22.5 Å². The van der Waals surface area contributed by atoms with Gasteiger partial charge < -0.3 is 15.4 Å². The summed E-state index contributed by atoms with van der Waals surface area (Å²) >= 11 is 3.44. The van der Waals surface area contributed by atoms with Crippen molar-refractivity contribution >= 4 is 39.1 Å². The molecule has 0 aliphatic heterocycles. The quantitative estimate of drug-likeness (QED) is 0.500. The van der Waals surface area contributed by atoms with Crippen molar-refractivity contribution in [1.82, 2.24) is 0 Å². The summed E-state index contributed by atoms with van der Waals surface area (Å²) in [5.41, 5.74) is 2.37. The number of hydrogen-bond acceptors (Lipinski definition) is 3. The average Bonchev–Trinajstić information content (AvgIpc) is 2.71. The molecule has 0 atom stereocenters. The van der Waals surface area contributed by atoms with Crippen LogP contribution in [-0.2, 0) is 0 Å². The molecule has 0 saturated carbocycles. The standard InChI is InChI=1S/C23H21BrN2O3/c1-15(2)29-21-13-8-17(14-20(21)24)23(28)26-19-11-9-18(10-12-19)25-22(27)16-6-4-3-5-7-16/h3-15H,1-2H3,(H,25,27)(H,26,28). The summed E-state index contributed by atoms with van der Waals surface area (Å²) in [5, 5.41) is 5.67. The zero-order valence-corrected chi connectivity index (χ0v) is 17.7. The van der Waals surface area contributed by atoms with Crippen molar-refractivity contribution < 1.29 is 14.3 Å². The first-order valence-corrected chi connectivity index (χ1v) is 9.95. The number of ether oxygens (including phenoxy) is 1. The average molecular weight is 453 g/mol. The van der Waals surface area contributed by atoms with E-state index in [-0.39, 0.29) is 17.9 Å². The number of carbonyl (C=O) groups excluding carboxylic acids is 2. The van der Waals surface area contributed by atoms with Crippen LogP contribution in [-0.4, -0.2) is 17.9 Å². The second-order valence-electron chi connectivity index (χ2n) is 6.66. The van der Waals surface area contributed by atoms with Gasteiger partial charge in [-0.2, -0.15) is 0 Å². The minimum absolute atomic E-state index is 0.0480. The number of anilines is 2. The molecular weight excluding hydrogens is 432 g/mol. The summed E-state index contributed by atoms with van der Waals surface area (Å²) in [7, 11) is 0. The van der Waals surface area contributed by atoms with Crippen LogP contribution in [0.25, 0.3) is 0 Å². The van der Waals surface area contributed by atoms with Gasteiger partial charge in [0.15, 0.2) is 0 Å². The van der Waals surface area contributed by atoms with Crippen LogP contribution < -0.4 is 15.4 Å². The predicted molar refractivity (Wildman–Crippen MR) is 119 cm³/mol. The molecule has 148 valence electrons. The maximum Gasteiger partial charge on any atom is 0.255 e. The third-order valence-corrected chi connectivity index (χ3v) is 4.61. The van der Waals surface area contributed by atoms with E-state index in [0.717, 1.165) is 4.47 Å². The van der Waals surface area contributed by atoms with E-state index in [1.54, 1.807) is 54.6 Å². The van der Waals surface area contributed by atoms with Crippen molar-refractivity contribution in [2.24, 2.45) is 0 Å². The summed E-state index contributed by atoms with van der Waals surface area (Å²) in [6.07, 6.45) is 0.0480. The molecule has 0 unspecified atom stereocenters. The van der Waals surface area contributed by atoms with E-state index < -0.39 is 0 Å². The molecule has 0 fully saturated rings. The number of rotatable bonds is 6. The molecule has 29 heavy (non-hydrogen) atoms. The fourth-order valence-corrected chi connectivity index (χ4v) is 3.10. The number of carbonyl (C=O) groups is 2. The minimum atomic E-state index is -0.233. The van der Waals surface area contributed by atoms with E-state index in [0.29, 0.717) is 28.3 Å². The highest BCUT2D eigenvalue weighted by molar-refractivity contribution is 9.10. The summed E-state index contributed by atoms with van der Waals surface area (Å²) < 4.78 is 6.38. The smallest absolute Gasteiger partial charge is 0.255 e. The maximum atomic E-state index is 12.5. The Balaban J connectivity index is 1.63. The molecule has 0 aromatic heterocycles. The summed E-state index contributed by atoms with van der Waals surface area (Å²) in [6.45, 7) is 3.89. The van der Waals surface area contributed by atoms with E-state index >= 15 is 0 Å². The topological polar surface area (TPSA) is 67.4 Å². The predicted octanol–water partition coefficient (Wildman–Crippen LogP) is 5.74. The zero-order valence-electron chi connectivity index (χ0n) is 16.1. The van der Waals surface area contributed by atoms with Crippen LogP contribution in [0.4, 0.5) is 11.4 Å². The fraction of sp³-hybridized carbons (Fsp3) is 0.130. The Labute approximate surface area is 178 Å². The van der Waals surface area contributed by atoms with Crippen molar-refractivity contribution in [3.8, 4) is 5.75 Å². The molecule has 3 aromatic rings. The van der Waals surface area contributed by atoms with Crippen molar-refractivity contribution in [3.63, 3.8) is 0 Å². The Morgan fingerprint density at radius 2 is 1.34 bits per heavy atom. The van der Waals surface area contributed by atoms with Gasteiger partial charge in [0.2, 0.25) is 0 Å². The highest BCUT2D eigenvalue weighted by atomic mass is 79.9. The molecule has 3 aromatic carbocycles. The highest BCUT2D eigenvalue weighted by Crippen LogP contribution is 2.27. The SMILES string of the molecule is CC(C)Oc1ccc(C(=O)Nc2ccc(NC(=O)c3ccccc3)cc2)cc1Br. The molecule has 0 heterocycles. The lowest BCUT2D eigenvalue weighted by Crippen LogP contribution is -2.13. The first kappa shape index (κ1) is 20.6. The molecule has 2 N–H and O–H groups in total. The van der Waals surface area contributed by atoms with Crippen molar-refractivity contribution in [2.45, 2.75) is 20.0 Å². The van der Waals surface area contributed by atoms with Crippen LogP contribution in [0.2, 0.25) is 0 Å².